The summed E-state index contributed by atoms with van der Waals surface area (Å²) in [5, 5.41) is 0.614. The minimum Gasteiger partial charge on any atom is -0.383 e. The van der Waals surface area contributed by atoms with E-state index in [1.807, 2.05) is 4.90 Å². The number of piperidine rings is 1. The Morgan fingerprint density at radius 3 is 2.54 bits per heavy atom. The van der Waals surface area contributed by atoms with E-state index in [1.54, 1.807) is 18.2 Å². The number of halogens is 2. The molecule has 6 N–H and O–H groups in total. The number of hydrogen-bond donors (Lipinski definition) is 3. The van der Waals surface area contributed by atoms with E-state index in [0.717, 1.165) is 13.1 Å². The molecule has 1 aliphatic carbocycles. The van der Waals surface area contributed by atoms with E-state index in [-0.39, 0.29) is 16.5 Å². The van der Waals surface area contributed by atoms with Gasteiger partial charge < -0.3 is 22.1 Å². The van der Waals surface area contributed by atoms with E-state index >= 15 is 0 Å². The molecule has 1 saturated heterocycles. The maximum Gasteiger partial charge on any atom is 0.268 e. The highest BCUT2D eigenvalue weighted by molar-refractivity contribution is 6.44. The molecule has 2 fully saturated rings. The second-order valence-corrected chi connectivity index (χ2v) is 7.52. The van der Waals surface area contributed by atoms with Crippen LogP contribution in [0.5, 0.6) is 0 Å². The van der Waals surface area contributed by atoms with Crippen molar-refractivity contribution in [3.05, 3.63) is 33.9 Å². The van der Waals surface area contributed by atoms with Crippen LogP contribution in [-0.2, 0) is 0 Å². The molecule has 0 spiro atoms. The summed E-state index contributed by atoms with van der Waals surface area (Å²) in [7, 11) is 0. The fourth-order valence-electron chi connectivity index (χ4n) is 3.91. The molecule has 2 heterocycles. The summed E-state index contributed by atoms with van der Waals surface area (Å²) < 4.78 is 0. The predicted octanol–water partition coefficient (Wildman–Crippen LogP) is 1.77. The van der Waals surface area contributed by atoms with Gasteiger partial charge in [-0.25, -0.2) is 4.98 Å². The quantitative estimate of drug-likeness (QED) is 0.727. The zero-order chi connectivity index (χ0) is 18.6. The van der Waals surface area contributed by atoms with Crippen molar-refractivity contribution in [3.8, 4) is 11.1 Å². The highest BCUT2D eigenvalue weighted by atomic mass is 35.5. The largest absolute Gasteiger partial charge is 0.383 e. The smallest absolute Gasteiger partial charge is 0.268 e. The number of hydrogen-bond acceptors (Lipinski definition) is 6. The Bertz CT molecular complexity index is 893. The minimum absolute atomic E-state index is 0.0348. The topological polar surface area (TPSA) is 124 Å². The molecule has 1 saturated carbocycles. The molecule has 2 aliphatic rings. The van der Waals surface area contributed by atoms with Crippen molar-refractivity contribution in [2.24, 2.45) is 29.2 Å². The molecule has 3 atom stereocenters. The molecule has 1 aromatic heterocycles. The molecular formula is C17H18Cl2N6O. The van der Waals surface area contributed by atoms with Gasteiger partial charge in [0, 0.05) is 18.7 Å². The Kier molecular flexibility index (Phi) is 4.17. The first kappa shape index (κ1) is 17.3. The molecule has 136 valence electrons. The van der Waals surface area contributed by atoms with E-state index < -0.39 is 5.91 Å². The molecule has 2 aromatic rings. The van der Waals surface area contributed by atoms with Crippen LogP contribution in [0.2, 0.25) is 10.0 Å². The van der Waals surface area contributed by atoms with Gasteiger partial charge in [0.15, 0.2) is 0 Å². The standard InChI is InChI=1S/C17H18Cl2N6O/c18-11-3-1-2-7(13(11)19)12-14(16(22)26)23-17(24-15(12)21)25-5-9-8(4-20)10(9)6-25/h1-3,8-10H,4-6,20H2,(H2,22,26)(H2,21,23,24)/t8?,9-,10+. The minimum atomic E-state index is -0.699. The average molecular weight is 393 g/mol. The van der Waals surface area contributed by atoms with Crippen LogP contribution in [-0.4, -0.2) is 35.5 Å². The molecule has 7 nitrogen and oxygen atoms in total. The Morgan fingerprint density at radius 2 is 1.92 bits per heavy atom. The maximum atomic E-state index is 12.0. The Morgan fingerprint density at radius 1 is 1.23 bits per heavy atom. The van der Waals surface area contributed by atoms with E-state index in [9.17, 15) is 4.79 Å². The van der Waals surface area contributed by atoms with Crippen LogP contribution in [0.3, 0.4) is 0 Å². The predicted molar refractivity (Wildman–Crippen MR) is 102 cm³/mol. The second-order valence-electron chi connectivity index (χ2n) is 6.73. The van der Waals surface area contributed by atoms with E-state index in [1.165, 1.54) is 0 Å². The number of nitrogen functional groups attached to an aromatic ring is 1. The zero-order valence-corrected chi connectivity index (χ0v) is 15.3. The molecule has 9 heteroatoms. The first-order valence-corrected chi connectivity index (χ1v) is 9.04. The monoisotopic (exact) mass is 392 g/mol. The molecule has 0 bridgehead atoms. The third kappa shape index (κ3) is 2.67. The highest BCUT2D eigenvalue weighted by Crippen LogP contribution is 2.51. The van der Waals surface area contributed by atoms with Crippen LogP contribution in [0.25, 0.3) is 11.1 Å². The van der Waals surface area contributed by atoms with Crippen molar-refractivity contribution < 1.29 is 4.79 Å². The Balaban J connectivity index is 1.75. The lowest BCUT2D eigenvalue weighted by Crippen LogP contribution is -2.29. The van der Waals surface area contributed by atoms with Crippen LogP contribution >= 0.6 is 23.2 Å². The summed E-state index contributed by atoms with van der Waals surface area (Å²) in [5.41, 5.74) is 18.3. The molecule has 0 radical (unpaired) electrons. The number of aromatic nitrogens is 2. The number of amides is 1. The van der Waals surface area contributed by atoms with Gasteiger partial charge in [0.1, 0.15) is 11.5 Å². The van der Waals surface area contributed by atoms with E-state index in [0.29, 0.717) is 46.4 Å². The van der Waals surface area contributed by atoms with Crippen molar-refractivity contribution in [1.29, 1.82) is 0 Å². The van der Waals surface area contributed by atoms with Crippen molar-refractivity contribution in [2.45, 2.75) is 0 Å². The molecule has 1 amide bonds. The van der Waals surface area contributed by atoms with Crippen molar-refractivity contribution >= 4 is 40.9 Å². The lowest BCUT2D eigenvalue weighted by molar-refractivity contribution is 0.0996. The number of rotatable bonds is 4. The Hall–Kier alpha value is -2.09. The third-order valence-corrected chi connectivity index (χ3v) is 6.12. The van der Waals surface area contributed by atoms with Crippen LogP contribution < -0.4 is 22.1 Å². The number of carbonyl (C=O) groups excluding carboxylic acids is 1. The van der Waals surface area contributed by atoms with Crippen LogP contribution in [0.15, 0.2) is 18.2 Å². The Labute approximate surface area is 160 Å². The average Bonchev–Trinajstić information content (AvgIpc) is 3.07. The molecule has 26 heavy (non-hydrogen) atoms. The van der Waals surface area contributed by atoms with Gasteiger partial charge >= 0.3 is 0 Å². The summed E-state index contributed by atoms with van der Waals surface area (Å²) in [6, 6.07) is 5.06. The van der Waals surface area contributed by atoms with Gasteiger partial charge in [-0.1, -0.05) is 35.3 Å². The fourth-order valence-corrected chi connectivity index (χ4v) is 4.31. The zero-order valence-electron chi connectivity index (χ0n) is 13.8. The highest BCUT2D eigenvalue weighted by Gasteiger charge is 2.55. The third-order valence-electron chi connectivity index (χ3n) is 5.31. The lowest BCUT2D eigenvalue weighted by atomic mass is 10.0. The SMILES string of the molecule is NCC1[C@H]2CN(c3nc(N)c(-c4cccc(Cl)c4Cl)c(C(N)=O)n3)C[C@@H]12. The second kappa shape index (κ2) is 6.26. The van der Waals surface area contributed by atoms with Gasteiger partial charge in [-0.05, 0) is 30.4 Å². The molecule has 1 unspecified atom stereocenters. The number of anilines is 2. The summed E-state index contributed by atoms with van der Waals surface area (Å²) in [6.07, 6.45) is 0. The molecule has 1 aliphatic heterocycles. The van der Waals surface area contributed by atoms with Crippen LogP contribution in [0, 0.1) is 17.8 Å². The van der Waals surface area contributed by atoms with Gasteiger partial charge in [0.25, 0.3) is 5.91 Å². The van der Waals surface area contributed by atoms with Gasteiger partial charge in [0.2, 0.25) is 5.95 Å². The van der Waals surface area contributed by atoms with E-state index in [2.05, 4.69) is 9.97 Å². The lowest BCUT2D eigenvalue weighted by Gasteiger charge is -2.21. The van der Waals surface area contributed by atoms with Crippen LogP contribution in [0.1, 0.15) is 10.5 Å². The number of nitrogens with zero attached hydrogens (tertiary/aromatic N) is 3. The summed E-state index contributed by atoms with van der Waals surface area (Å²) in [5.74, 6) is 1.54. The number of carbonyl (C=O) groups is 1. The number of nitrogens with two attached hydrogens (primary N) is 3. The van der Waals surface area contributed by atoms with Crippen LogP contribution in [0.4, 0.5) is 11.8 Å². The van der Waals surface area contributed by atoms with Gasteiger partial charge in [0.05, 0.1) is 15.6 Å². The van der Waals surface area contributed by atoms with Crippen molar-refractivity contribution in [2.75, 3.05) is 30.3 Å². The first-order valence-electron chi connectivity index (χ1n) is 8.29. The fraction of sp³-hybridized carbons (Fsp3) is 0.353. The van der Waals surface area contributed by atoms with Crippen molar-refractivity contribution in [1.82, 2.24) is 9.97 Å². The molecular weight excluding hydrogens is 375 g/mol. The van der Waals surface area contributed by atoms with Crippen molar-refractivity contribution in [3.63, 3.8) is 0 Å². The summed E-state index contributed by atoms with van der Waals surface area (Å²) in [4.78, 5) is 22.9. The number of benzene rings is 1. The van der Waals surface area contributed by atoms with Gasteiger partial charge in [-0.3, -0.25) is 4.79 Å². The first-order chi connectivity index (χ1) is 12.4. The van der Waals surface area contributed by atoms with Gasteiger partial charge in [-0.15, -0.1) is 0 Å². The molecule has 4 rings (SSSR count). The normalized spacial score (nSPS) is 23.8. The number of fused-ring (bicyclic) bond motifs is 1. The summed E-state index contributed by atoms with van der Waals surface area (Å²) >= 11 is 12.4. The number of primary amides is 1. The molecule has 1 aromatic carbocycles. The maximum absolute atomic E-state index is 12.0. The summed E-state index contributed by atoms with van der Waals surface area (Å²) in [6.45, 7) is 2.31. The van der Waals surface area contributed by atoms with E-state index in [4.69, 9.17) is 40.4 Å². The van der Waals surface area contributed by atoms with Gasteiger partial charge in [-0.2, -0.15) is 4.98 Å².